The normalized spacial score (nSPS) is 13.4. The van der Waals surface area contributed by atoms with Crippen molar-refractivity contribution in [2.24, 2.45) is 0 Å². The van der Waals surface area contributed by atoms with Gasteiger partial charge in [0.25, 0.3) is 11.8 Å². The molecule has 0 bridgehead atoms. The molecule has 7 nitrogen and oxygen atoms in total. The minimum atomic E-state index is -0.375. The molecule has 1 aliphatic heterocycles. The van der Waals surface area contributed by atoms with E-state index in [0.29, 0.717) is 42.4 Å². The molecule has 2 heterocycles. The van der Waals surface area contributed by atoms with E-state index in [4.69, 9.17) is 13.9 Å². The van der Waals surface area contributed by atoms with Crippen molar-refractivity contribution in [1.82, 2.24) is 5.32 Å². The minimum Gasteiger partial charge on any atom is -0.486 e. The fourth-order valence-electron chi connectivity index (χ4n) is 3.28. The predicted octanol–water partition coefficient (Wildman–Crippen LogP) is 4.18. The summed E-state index contributed by atoms with van der Waals surface area (Å²) in [7, 11) is 0. The zero-order chi connectivity index (χ0) is 20.9. The van der Waals surface area contributed by atoms with Crippen LogP contribution in [0.25, 0.3) is 0 Å². The fraction of sp³-hybridized carbons (Fsp3) is 0.217. The van der Waals surface area contributed by atoms with Gasteiger partial charge in [-0.15, -0.1) is 0 Å². The van der Waals surface area contributed by atoms with Crippen LogP contribution < -0.4 is 20.1 Å². The van der Waals surface area contributed by atoms with Gasteiger partial charge in [-0.2, -0.15) is 0 Å². The molecule has 1 aliphatic rings. The molecular formula is C23H22N2O5. The highest BCUT2D eigenvalue weighted by Gasteiger charge is 2.19. The summed E-state index contributed by atoms with van der Waals surface area (Å²) < 4.78 is 16.3. The summed E-state index contributed by atoms with van der Waals surface area (Å²) in [5.74, 6) is 1.00. The molecule has 0 fully saturated rings. The molecule has 4 rings (SSSR count). The van der Waals surface area contributed by atoms with Gasteiger partial charge in [-0.3, -0.25) is 9.59 Å². The molecule has 7 heteroatoms. The smallest absolute Gasteiger partial charge is 0.291 e. The van der Waals surface area contributed by atoms with Crippen molar-refractivity contribution in [3.63, 3.8) is 0 Å². The fourth-order valence-corrected chi connectivity index (χ4v) is 3.28. The maximum atomic E-state index is 12.8. The Morgan fingerprint density at radius 1 is 0.967 bits per heavy atom. The van der Waals surface area contributed by atoms with Gasteiger partial charge in [0.05, 0.1) is 12.3 Å². The first kappa shape index (κ1) is 19.6. The van der Waals surface area contributed by atoms with Gasteiger partial charge in [0.15, 0.2) is 17.3 Å². The standard InChI is InChI=1S/C23H22N2O5/c1-2-18(15-8-9-19-21(14-15)30-12-11-29-19)25-22(26)16-5-3-6-17(13-16)24-23(27)20-7-4-10-28-20/h3-10,13-14,18H,2,11-12H2,1H3,(H,24,27)(H,25,26). The summed E-state index contributed by atoms with van der Waals surface area (Å²) in [6, 6.07) is 15.5. The Hall–Kier alpha value is -3.74. The van der Waals surface area contributed by atoms with Crippen molar-refractivity contribution in [3.05, 3.63) is 77.7 Å². The average molecular weight is 406 g/mol. The number of nitrogens with one attached hydrogen (secondary N) is 2. The van der Waals surface area contributed by atoms with E-state index in [9.17, 15) is 9.59 Å². The van der Waals surface area contributed by atoms with Crippen LogP contribution in [0, 0.1) is 0 Å². The summed E-state index contributed by atoms with van der Waals surface area (Å²) in [4.78, 5) is 25.0. The van der Waals surface area contributed by atoms with Crippen LogP contribution in [0.15, 0.2) is 65.3 Å². The Morgan fingerprint density at radius 2 is 1.80 bits per heavy atom. The van der Waals surface area contributed by atoms with E-state index < -0.39 is 0 Å². The molecule has 0 saturated heterocycles. The maximum absolute atomic E-state index is 12.8. The third-order valence-corrected chi connectivity index (χ3v) is 4.81. The largest absolute Gasteiger partial charge is 0.486 e. The van der Waals surface area contributed by atoms with Gasteiger partial charge >= 0.3 is 0 Å². The molecule has 1 aromatic heterocycles. The van der Waals surface area contributed by atoms with E-state index in [-0.39, 0.29) is 23.6 Å². The number of carbonyl (C=O) groups excluding carboxylic acids is 2. The molecule has 2 amide bonds. The molecule has 0 saturated carbocycles. The van der Waals surface area contributed by atoms with Crippen LogP contribution in [0.2, 0.25) is 0 Å². The molecule has 1 atom stereocenters. The zero-order valence-corrected chi connectivity index (χ0v) is 16.5. The number of rotatable bonds is 6. The van der Waals surface area contributed by atoms with Crippen LogP contribution in [-0.2, 0) is 0 Å². The van der Waals surface area contributed by atoms with Gasteiger partial charge in [0.2, 0.25) is 0 Å². The van der Waals surface area contributed by atoms with E-state index in [1.807, 2.05) is 25.1 Å². The lowest BCUT2D eigenvalue weighted by Gasteiger charge is -2.22. The summed E-state index contributed by atoms with van der Waals surface area (Å²) in [5, 5.41) is 5.78. The lowest BCUT2D eigenvalue weighted by atomic mass is 10.0. The van der Waals surface area contributed by atoms with Crippen LogP contribution in [0.3, 0.4) is 0 Å². The number of ether oxygens (including phenoxy) is 2. The number of benzene rings is 2. The zero-order valence-electron chi connectivity index (χ0n) is 16.5. The molecule has 30 heavy (non-hydrogen) atoms. The van der Waals surface area contributed by atoms with Crippen molar-refractivity contribution >= 4 is 17.5 Å². The minimum absolute atomic E-state index is 0.185. The second-order valence-corrected chi connectivity index (χ2v) is 6.85. The van der Waals surface area contributed by atoms with Crippen LogP contribution in [0.4, 0.5) is 5.69 Å². The Bertz CT molecular complexity index is 1050. The monoisotopic (exact) mass is 406 g/mol. The molecule has 2 aromatic carbocycles. The first-order valence-corrected chi connectivity index (χ1v) is 9.79. The molecule has 154 valence electrons. The van der Waals surface area contributed by atoms with Gasteiger partial charge in [-0.05, 0) is 54.4 Å². The highest BCUT2D eigenvalue weighted by atomic mass is 16.6. The van der Waals surface area contributed by atoms with Crippen LogP contribution in [0.1, 0.15) is 45.9 Å². The first-order valence-electron chi connectivity index (χ1n) is 9.79. The van der Waals surface area contributed by atoms with Crippen molar-refractivity contribution in [1.29, 1.82) is 0 Å². The van der Waals surface area contributed by atoms with E-state index in [1.54, 1.807) is 36.4 Å². The average Bonchev–Trinajstić information content (AvgIpc) is 3.32. The lowest BCUT2D eigenvalue weighted by molar-refractivity contribution is 0.0933. The van der Waals surface area contributed by atoms with E-state index in [0.717, 1.165) is 5.56 Å². The molecule has 3 aromatic rings. The number of hydrogen-bond donors (Lipinski definition) is 2. The third-order valence-electron chi connectivity index (χ3n) is 4.81. The highest BCUT2D eigenvalue weighted by Crippen LogP contribution is 2.33. The van der Waals surface area contributed by atoms with E-state index in [2.05, 4.69) is 10.6 Å². The first-order chi connectivity index (χ1) is 14.6. The van der Waals surface area contributed by atoms with Crippen molar-refractivity contribution in [2.75, 3.05) is 18.5 Å². The second kappa shape index (κ2) is 8.73. The summed E-state index contributed by atoms with van der Waals surface area (Å²) >= 11 is 0. The van der Waals surface area contributed by atoms with Gasteiger partial charge in [0.1, 0.15) is 13.2 Å². The van der Waals surface area contributed by atoms with Crippen LogP contribution in [-0.4, -0.2) is 25.0 Å². The molecular weight excluding hydrogens is 384 g/mol. The second-order valence-electron chi connectivity index (χ2n) is 6.85. The summed E-state index contributed by atoms with van der Waals surface area (Å²) in [6.07, 6.45) is 2.14. The number of anilines is 1. The Morgan fingerprint density at radius 3 is 2.57 bits per heavy atom. The van der Waals surface area contributed by atoms with Crippen molar-refractivity contribution < 1.29 is 23.5 Å². The molecule has 0 radical (unpaired) electrons. The number of furan rings is 1. The van der Waals surface area contributed by atoms with Crippen LogP contribution >= 0.6 is 0 Å². The predicted molar refractivity (Wildman–Crippen MR) is 111 cm³/mol. The van der Waals surface area contributed by atoms with Gasteiger partial charge in [0, 0.05) is 11.3 Å². The Kier molecular flexibility index (Phi) is 5.70. The maximum Gasteiger partial charge on any atom is 0.291 e. The van der Waals surface area contributed by atoms with Gasteiger partial charge in [-0.1, -0.05) is 19.1 Å². The molecule has 0 aliphatic carbocycles. The SMILES string of the molecule is CCC(NC(=O)c1cccc(NC(=O)c2ccco2)c1)c1ccc2c(c1)OCCO2. The molecule has 2 N–H and O–H groups in total. The van der Waals surface area contributed by atoms with Crippen molar-refractivity contribution in [3.8, 4) is 11.5 Å². The highest BCUT2D eigenvalue weighted by molar-refractivity contribution is 6.03. The van der Waals surface area contributed by atoms with Gasteiger partial charge in [-0.25, -0.2) is 0 Å². The molecule has 0 spiro atoms. The third kappa shape index (κ3) is 4.30. The number of fused-ring (bicyclic) bond motifs is 1. The summed E-state index contributed by atoms with van der Waals surface area (Å²) in [6.45, 7) is 3.05. The van der Waals surface area contributed by atoms with E-state index >= 15 is 0 Å². The Labute approximate surface area is 174 Å². The number of hydrogen-bond acceptors (Lipinski definition) is 5. The molecule has 1 unspecified atom stereocenters. The quantitative estimate of drug-likeness (QED) is 0.641. The number of carbonyl (C=O) groups is 2. The summed E-state index contributed by atoms with van der Waals surface area (Å²) in [5.41, 5.74) is 1.90. The number of amides is 2. The van der Waals surface area contributed by atoms with Crippen LogP contribution in [0.5, 0.6) is 11.5 Å². The van der Waals surface area contributed by atoms with Gasteiger partial charge < -0.3 is 24.5 Å². The lowest BCUT2D eigenvalue weighted by Crippen LogP contribution is -2.28. The van der Waals surface area contributed by atoms with E-state index in [1.165, 1.54) is 6.26 Å². The Balaban J connectivity index is 1.46. The topological polar surface area (TPSA) is 89.8 Å². The van der Waals surface area contributed by atoms with Crippen molar-refractivity contribution in [2.45, 2.75) is 19.4 Å².